The second-order valence-corrected chi connectivity index (χ2v) is 11.3. The molecule has 2 aromatic carbocycles. The molecule has 32 heavy (non-hydrogen) atoms. The zero-order valence-corrected chi connectivity index (χ0v) is 21.9. The molecule has 0 aliphatic carbocycles. The van der Waals surface area contributed by atoms with Gasteiger partial charge in [-0.3, -0.25) is 4.90 Å². The van der Waals surface area contributed by atoms with Crippen molar-refractivity contribution in [2.24, 2.45) is 0 Å². The van der Waals surface area contributed by atoms with Crippen LogP contribution >= 0.6 is 43.9 Å². The highest BCUT2D eigenvalue weighted by Crippen LogP contribution is 2.37. The molecule has 0 saturated carbocycles. The molecular formula is C26H30Cl2IN3. The maximum atomic E-state index is 6.50. The van der Waals surface area contributed by atoms with E-state index in [1.807, 2.05) is 18.2 Å². The first kappa shape index (κ1) is 24.0. The Hall–Kier alpha value is -1.18. The maximum absolute atomic E-state index is 6.50. The van der Waals surface area contributed by atoms with E-state index in [2.05, 4.69) is 50.9 Å². The van der Waals surface area contributed by atoms with Crippen LogP contribution in [0.3, 0.4) is 0 Å². The standard InChI is InChI=1S/C26H30Cl2IN3/c1-3-18-6-7-20(19-10-13-32(14-11-19)22-5-4-12-30-17-22)15-25(18)31-26(29-2)23-9-8-21(27)16-24(23)28/h3,6-10,15-16,22,26,30-31H,1-2,4-5,11-14,17H2/t22-,26?/m0/s1. The van der Waals surface area contributed by atoms with Gasteiger partial charge in [-0.15, -0.1) is 20.7 Å². The van der Waals surface area contributed by atoms with Crippen LogP contribution in [0.5, 0.6) is 0 Å². The summed E-state index contributed by atoms with van der Waals surface area (Å²) in [5.74, 6) is 0. The lowest BCUT2D eigenvalue weighted by atomic mass is 9.95. The maximum Gasteiger partial charge on any atom is 0.0997 e. The molecule has 2 aliphatic heterocycles. The Bertz CT molecular complexity index is 1010. The zero-order valence-electron chi connectivity index (χ0n) is 18.2. The van der Waals surface area contributed by atoms with Crippen LogP contribution in [-0.4, -0.2) is 41.6 Å². The van der Waals surface area contributed by atoms with Gasteiger partial charge in [-0.25, -0.2) is 0 Å². The van der Waals surface area contributed by atoms with Crippen LogP contribution in [0.25, 0.3) is 11.6 Å². The van der Waals surface area contributed by atoms with Crippen LogP contribution in [0.4, 0.5) is 5.69 Å². The fourth-order valence-electron chi connectivity index (χ4n) is 4.53. The molecule has 1 fully saturated rings. The van der Waals surface area contributed by atoms with Gasteiger partial charge in [0.05, 0.1) is 4.05 Å². The average molecular weight is 582 g/mol. The third-order valence-corrected chi connectivity index (χ3v) is 8.77. The van der Waals surface area contributed by atoms with E-state index >= 15 is 0 Å². The molecule has 0 spiro atoms. The highest BCUT2D eigenvalue weighted by Gasteiger charge is 2.23. The monoisotopic (exact) mass is 581 g/mol. The molecule has 4 rings (SSSR count). The minimum Gasteiger partial charge on any atom is -0.369 e. The Morgan fingerprint density at radius 2 is 2.09 bits per heavy atom. The topological polar surface area (TPSA) is 27.3 Å². The zero-order chi connectivity index (χ0) is 22.5. The van der Waals surface area contributed by atoms with E-state index in [9.17, 15) is 0 Å². The van der Waals surface area contributed by atoms with E-state index in [4.69, 9.17) is 23.2 Å². The molecule has 170 valence electrons. The van der Waals surface area contributed by atoms with Crippen LogP contribution in [0.15, 0.2) is 49.1 Å². The van der Waals surface area contributed by atoms with Crippen molar-refractivity contribution in [2.75, 3.05) is 31.5 Å². The SMILES string of the molecule is C=Cc1ccc(C2=CCN([C@H]3CCCNC3)CC2)cc1NC(I=C)c1ccc(Cl)cc1Cl. The molecule has 2 heterocycles. The van der Waals surface area contributed by atoms with Gasteiger partial charge in [0.25, 0.3) is 0 Å². The number of nitrogens with zero attached hydrogens (tertiary/aromatic N) is 1. The van der Waals surface area contributed by atoms with Crippen molar-refractivity contribution in [3.8, 4) is 0 Å². The van der Waals surface area contributed by atoms with Gasteiger partial charge in [0.1, 0.15) is 0 Å². The summed E-state index contributed by atoms with van der Waals surface area (Å²) in [5, 5.41) is 8.58. The van der Waals surface area contributed by atoms with E-state index < -0.39 is 20.7 Å². The molecule has 0 amide bonds. The number of benzene rings is 2. The van der Waals surface area contributed by atoms with Crippen LogP contribution in [0.2, 0.25) is 10.0 Å². The summed E-state index contributed by atoms with van der Waals surface area (Å²) in [6.07, 6.45) is 7.98. The fourth-order valence-corrected chi connectivity index (χ4v) is 6.80. The summed E-state index contributed by atoms with van der Waals surface area (Å²) < 4.78 is 4.35. The first-order valence-electron chi connectivity index (χ1n) is 11.1. The second-order valence-electron chi connectivity index (χ2n) is 8.31. The van der Waals surface area contributed by atoms with E-state index in [-0.39, 0.29) is 4.05 Å². The summed E-state index contributed by atoms with van der Waals surface area (Å²) >= 11 is 12.2. The normalized spacial score (nSPS) is 20.4. The predicted octanol–water partition coefficient (Wildman–Crippen LogP) is 6.99. The Labute approximate surface area is 211 Å². The van der Waals surface area contributed by atoms with Crippen LogP contribution < -0.4 is 10.6 Å². The summed E-state index contributed by atoms with van der Waals surface area (Å²) in [4.78, 5) is 2.62. The minimum absolute atomic E-state index is 0.0992. The van der Waals surface area contributed by atoms with Gasteiger partial charge in [-0.05, 0) is 60.7 Å². The van der Waals surface area contributed by atoms with Crippen LogP contribution in [0, 0.1) is 0 Å². The first-order valence-corrected chi connectivity index (χ1v) is 14.6. The number of rotatable bonds is 7. The van der Waals surface area contributed by atoms with E-state index in [1.54, 1.807) is 6.07 Å². The van der Waals surface area contributed by atoms with Gasteiger partial charge in [0.15, 0.2) is 0 Å². The third kappa shape index (κ3) is 5.65. The number of anilines is 1. The van der Waals surface area contributed by atoms with Crippen LogP contribution in [0.1, 0.15) is 40.0 Å². The average Bonchev–Trinajstić information content (AvgIpc) is 2.83. The Morgan fingerprint density at radius 1 is 1.22 bits per heavy atom. The van der Waals surface area contributed by atoms with Crippen molar-refractivity contribution in [2.45, 2.75) is 29.4 Å². The van der Waals surface area contributed by atoms with E-state index in [1.165, 1.54) is 24.0 Å². The molecule has 2 N–H and O–H groups in total. The third-order valence-electron chi connectivity index (χ3n) is 6.34. The number of nitrogens with one attached hydrogen (secondary N) is 2. The second kappa shape index (κ2) is 11.3. The minimum atomic E-state index is -0.397. The summed E-state index contributed by atoms with van der Waals surface area (Å²) in [7, 11) is 0. The number of alkyl halides is 1. The lowest BCUT2D eigenvalue weighted by Gasteiger charge is -2.36. The molecule has 0 radical (unpaired) electrons. The van der Waals surface area contributed by atoms with Gasteiger partial charge in [0, 0.05) is 47.0 Å². The highest BCUT2D eigenvalue weighted by molar-refractivity contribution is 14.2. The Morgan fingerprint density at radius 3 is 2.75 bits per heavy atom. The number of hydrogen-bond donors (Lipinski definition) is 2. The van der Waals surface area contributed by atoms with E-state index in [0.717, 1.165) is 49.4 Å². The highest BCUT2D eigenvalue weighted by atomic mass is 127. The largest absolute Gasteiger partial charge is 0.369 e. The smallest absolute Gasteiger partial charge is 0.0997 e. The molecule has 0 bridgehead atoms. The molecule has 2 aromatic rings. The van der Waals surface area contributed by atoms with Crippen LogP contribution in [-0.2, 0) is 0 Å². The molecule has 3 nitrogen and oxygen atoms in total. The lowest BCUT2D eigenvalue weighted by Crippen LogP contribution is -2.47. The predicted molar refractivity (Wildman–Crippen MR) is 151 cm³/mol. The summed E-state index contributed by atoms with van der Waals surface area (Å²) in [5.41, 5.74) is 5.92. The number of halogens is 3. The number of hydrogen-bond acceptors (Lipinski definition) is 3. The van der Waals surface area contributed by atoms with Gasteiger partial charge >= 0.3 is 0 Å². The molecule has 6 heteroatoms. The molecule has 1 unspecified atom stereocenters. The van der Waals surface area contributed by atoms with Gasteiger partial charge in [0.2, 0.25) is 0 Å². The van der Waals surface area contributed by atoms with Crippen molar-refractivity contribution >= 4 is 65.8 Å². The van der Waals surface area contributed by atoms with Crippen molar-refractivity contribution in [3.05, 3.63) is 75.8 Å². The van der Waals surface area contributed by atoms with Crippen molar-refractivity contribution in [1.29, 1.82) is 0 Å². The first-order chi connectivity index (χ1) is 15.6. The quantitative estimate of drug-likeness (QED) is 0.210. The number of piperidine rings is 1. The fraction of sp³-hybridized carbons (Fsp3) is 0.346. The van der Waals surface area contributed by atoms with E-state index in [0.29, 0.717) is 16.1 Å². The van der Waals surface area contributed by atoms with Gasteiger partial charge in [-0.2, -0.15) is 0 Å². The summed E-state index contributed by atoms with van der Waals surface area (Å²) in [6, 6.07) is 13.0. The van der Waals surface area contributed by atoms with Gasteiger partial charge < -0.3 is 10.6 Å². The molecule has 2 aliphatic rings. The molecular weight excluding hydrogens is 552 g/mol. The molecule has 1 saturated heterocycles. The van der Waals surface area contributed by atoms with Crippen molar-refractivity contribution < 1.29 is 0 Å². The Kier molecular flexibility index (Phi) is 8.46. The van der Waals surface area contributed by atoms with Gasteiger partial charge in [-0.1, -0.05) is 64.6 Å². The van der Waals surface area contributed by atoms with Crippen molar-refractivity contribution in [1.82, 2.24) is 10.2 Å². The Balaban J connectivity index is 1.54. The lowest BCUT2D eigenvalue weighted by molar-refractivity contribution is 0.182. The summed E-state index contributed by atoms with van der Waals surface area (Å²) in [6.45, 7) is 8.44. The molecule has 2 atom stereocenters. The van der Waals surface area contributed by atoms with Crippen molar-refractivity contribution in [3.63, 3.8) is 0 Å². The molecule has 0 aromatic heterocycles.